The summed E-state index contributed by atoms with van der Waals surface area (Å²) in [4.78, 5) is 24.5. The molecule has 1 aliphatic rings. The summed E-state index contributed by atoms with van der Waals surface area (Å²) < 4.78 is 0.773. The van der Waals surface area contributed by atoms with E-state index in [-0.39, 0.29) is 11.8 Å². The minimum Gasteiger partial charge on any atom is -0.269 e. The number of carbonyl (C=O) groups excluding carboxylic acids is 2. The molecular weight excluding hydrogens is 340 g/mol. The third-order valence-electron chi connectivity index (χ3n) is 2.25. The molecule has 0 bridgehead atoms. The number of hydrogen-bond acceptors (Lipinski definition) is 2. The van der Waals surface area contributed by atoms with Crippen molar-refractivity contribution in [1.29, 1.82) is 0 Å². The van der Waals surface area contributed by atoms with Crippen molar-refractivity contribution in [1.82, 2.24) is 0 Å². The summed E-state index contributed by atoms with van der Waals surface area (Å²) >= 11 is 7.87. The largest absolute Gasteiger partial charge is 0.269 e. The Morgan fingerprint density at radius 3 is 2.50 bits per heavy atom. The van der Waals surface area contributed by atoms with Gasteiger partial charge in [0.1, 0.15) is 0 Å². The van der Waals surface area contributed by atoms with Gasteiger partial charge in [0.25, 0.3) is 11.8 Å². The second kappa shape index (κ2) is 4.18. The second-order valence-electron chi connectivity index (χ2n) is 3.40. The molecule has 0 radical (unpaired) electrons. The van der Waals surface area contributed by atoms with Crippen LogP contribution >= 0.6 is 34.2 Å². The lowest BCUT2D eigenvalue weighted by Crippen LogP contribution is -2.31. The van der Waals surface area contributed by atoms with Crippen LogP contribution in [-0.2, 0) is 9.59 Å². The Morgan fingerprint density at radius 1 is 1.31 bits per heavy atom. The van der Waals surface area contributed by atoms with Gasteiger partial charge < -0.3 is 0 Å². The molecule has 5 heteroatoms. The lowest BCUT2D eigenvalue weighted by atomic mass is 10.3. The molecule has 1 aromatic rings. The lowest BCUT2D eigenvalue weighted by Gasteiger charge is -2.16. The van der Waals surface area contributed by atoms with Crippen molar-refractivity contribution in [2.24, 2.45) is 0 Å². The van der Waals surface area contributed by atoms with E-state index in [2.05, 4.69) is 0 Å². The molecule has 2 rings (SSSR count). The molecule has 3 nitrogen and oxygen atoms in total. The van der Waals surface area contributed by atoms with Gasteiger partial charge in [-0.3, -0.25) is 9.59 Å². The molecule has 0 unspecified atom stereocenters. The maximum Gasteiger partial charge on any atom is 0.261 e. The van der Waals surface area contributed by atoms with Crippen LogP contribution in [-0.4, -0.2) is 11.8 Å². The van der Waals surface area contributed by atoms with Crippen LogP contribution in [0.3, 0.4) is 0 Å². The normalized spacial score (nSPS) is 15.7. The summed E-state index contributed by atoms with van der Waals surface area (Å²) in [5.41, 5.74) is 1.03. The Morgan fingerprint density at radius 2 is 2.00 bits per heavy atom. The number of halogens is 2. The van der Waals surface area contributed by atoms with Crippen LogP contribution in [0.15, 0.2) is 29.8 Å². The van der Waals surface area contributed by atoms with Gasteiger partial charge in [-0.25, -0.2) is 4.90 Å². The number of hydrogen-bond donors (Lipinski definition) is 0. The molecular formula is C11H7ClINO2. The van der Waals surface area contributed by atoms with Gasteiger partial charge in [-0.05, 0) is 47.7 Å². The highest BCUT2D eigenvalue weighted by Crippen LogP contribution is 2.29. The van der Waals surface area contributed by atoms with Gasteiger partial charge >= 0.3 is 0 Å². The van der Waals surface area contributed by atoms with Crippen molar-refractivity contribution in [2.45, 2.75) is 6.92 Å². The zero-order chi connectivity index (χ0) is 11.9. The van der Waals surface area contributed by atoms with Crippen molar-refractivity contribution in [2.75, 3.05) is 4.90 Å². The minimum absolute atomic E-state index is 0.273. The number of benzene rings is 1. The van der Waals surface area contributed by atoms with E-state index in [0.29, 0.717) is 16.3 Å². The third-order valence-corrected chi connectivity index (χ3v) is 3.35. The number of imide groups is 1. The van der Waals surface area contributed by atoms with Crippen LogP contribution in [0.1, 0.15) is 6.92 Å². The van der Waals surface area contributed by atoms with Crippen LogP contribution in [0.25, 0.3) is 0 Å². The summed E-state index contributed by atoms with van der Waals surface area (Å²) in [5.74, 6) is -0.576. The molecule has 0 spiro atoms. The van der Waals surface area contributed by atoms with Crippen molar-refractivity contribution >= 4 is 51.7 Å². The summed E-state index contributed by atoms with van der Waals surface area (Å²) in [6.07, 6.45) is 1.34. The molecule has 0 N–H and O–H groups in total. The van der Waals surface area contributed by atoms with Gasteiger partial charge in [-0.15, -0.1) is 0 Å². The van der Waals surface area contributed by atoms with Crippen molar-refractivity contribution in [3.8, 4) is 0 Å². The topological polar surface area (TPSA) is 37.4 Å². The lowest BCUT2D eigenvalue weighted by molar-refractivity contribution is -0.120. The maximum absolute atomic E-state index is 11.8. The van der Waals surface area contributed by atoms with Crippen LogP contribution in [0.4, 0.5) is 5.69 Å². The Bertz CT molecular complexity index is 525. The number of nitrogens with zero attached hydrogens (tertiary/aromatic N) is 1. The first-order valence-corrected chi connectivity index (χ1v) is 5.98. The fraction of sp³-hybridized carbons (Fsp3) is 0.0909. The molecule has 0 fully saturated rings. The van der Waals surface area contributed by atoms with E-state index in [1.54, 1.807) is 25.1 Å². The fourth-order valence-electron chi connectivity index (χ4n) is 1.48. The highest BCUT2D eigenvalue weighted by molar-refractivity contribution is 14.1. The van der Waals surface area contributed by atoms with E-state index in [4.69, 9.17) is 11.6 Å². The van der Waals surface area contributed by atoms with Gasteiger partial charge in [0, 0.05) is 20.2 Å². The fourth-order valence-corrected chi connectivity index (χ4v) is 2.59. The van der Waals surface area contributed by atoms with Crippen LogP contribution < -0.4 is 4.90 Å². The molecule has 82 valence electrons. The predicted octanol–water partition coefficient (Wildman–Crippen LogP) is 2.76. The molecule has 1 heterocycles. The highest BCUT2D eigenvalue weighted by atomic mass is 127. The Balaban J connectivity index is 2.47. The Kier molecular flexibility index (Phi) is 3.03. The van der Waals surface area contributed by atoms with E-state index in [1.807, 2.05) is 22.6 Å². The van der Waals surface area contributed by atoms with Crippen LogP contribution in [0.2, 0.25) is 5.02 Å². The average molecular weight is 348 g/mol. The number of rotatable bonds is 1. The number of amides is 2. The summed E-state index contributed by atoms with van der Waals surface area (Å²) in [6.45, 7) is 1.63. The molecule has 2 amide bonds. The third kappa shape index (κ3) is 1.87. The SMILES string of the molecule is CC1=CC(=O)N(c2ccc(Cl)cc2I)C1=O. The zero-order valence-corrected chi connectivity index (χ0v) is 11.2. The number of anilines is 1. The van der Waals surface area contributed by atoms with Gasteiger partial charge in [0.05, 0.1) is 5.69 Å². The molecule has 0 saturated carbocycles. The highest BCUT2D eigenvalue weighted by Gasteiger charge is 2.30. The monoisotopic (exact) mass is 347 g/mol. The molecule has 16 heavy (non-hydrogen) atoms. The van der Waals surface area contributed by atoms with E-state index >= 15 is 0 Å². The smallest absolute Gasteiger partial charge is 0.261 e. The summed E-state index contributed by atoms with van der Waals surface area (Å²) in [7, 11) is 0. The predicted molar refractivity (Wildman–Crippen MR) is 70.4 cm³/mol. The standard InChI is InChI=1S/C11H7ClINO2/c1-6-4-10(15)14(11(6)16)9-3-2-7(12)5-8(9)13/h2-5H,1H3. The summed E-state index contributed by atoms with van der Waals surface area (Å²) in [6, 6.07) is 5.05. The molecule has 1 aliphatic heterocycles. The first-order chi connectivity index (χ1) is 7.50. The van der Waals surface area contributed by atoms with Crippen molar-refractivity contribution in [3.63, 3.8) is 0 Å². The second-order valence-corrected chi connectivity index (χ2v) is 5.00. The van der Waals surface area contributed by atoms with E-state index in [1.165, 1.54) is 6.08 Å². The van der Waals surface area contributed by atoms with Gasteiger partial charge in [-0.1, -0.05) is 11.6 Å². The van der Waals surface area contributed by atoms with E-state index in [0.717, 1.165) is 8.47 Å². The molecule has 0 aliphatic carbocycles. The van der Waals surface area contributed by atoms with Gasteiger partial charge in [-0.2, -0.15) is 0 Å². The average Bonchev–Trinajstić information content (AvgIpc) is 2.43. The molecule has 0 aromatic heterocycles. The van der Waals surface area contributed by atoms with E-state index in [9.17, 15) is 9.59 Å². The van der Waals surface area contributed by atoms with Crippen LogP contribution in [0.5, 0.6) is 0 Å². The van der Waals surface area contributed by atoms with Crippen molar-refractivity contribution < 1.29 is 9.59 Å². The Labute approximate surface area is 111 Å². The maximum atomic E-state index is 11.8. The minimum atomic E-state index is -0.303. The van der Waals surface area contributed by atoms with Crippen molar-refractivity contribution in [3.05, 3.63) is 38.4 Å². The van der Waals surface area contributed by atoms with Gasteiger partial charge in [0.2, 0.25) is 0 Å². The van der Waals surface area contributed by atoms with Crippen LogP contribution in [0, 0.1) is 3.57 Å². The zero-order valence-electron chi connectivity index (χ0n) is 8.33. The first-order valence-electron chi connectivity index (χ1n) is 4.52. The molecule has 1 aromatic carbocycles. The van der Waals surface area contributed by atoms with E-state index < -0.39 is 0 Å². The van der Waals surface area contributed by atoms with Gasteiger partial charge in [0.15, 0.2) is 0 Å². The molecule has 0 atom stereocenters. The Hall–Kier alpha value is -0.880. The molecule has 0 saturated heterocycles. The number of carbonyl (C=O) groups is 2. The quantitative estimate of drug-likeness (QED) is 0.579. The summed E-state index contributed by atoms with van der Waals surface area (Å²) in [5, 5.41) is 0.580. The first kappa shape index (κ1) is 11.6.